The fraction of sp³-hybridized carbons (Fsp3) is 0.733. The Labute approximate surface area is 141 Å². The Hall–Kier alpha value is -1.45. The van der Waals surface area contributed by atoms with Crippen LogP contribution < -0.4 is 0 Å². The van der Waals surface area contributed by atoms with Crippen molar-refractivity contribution in [3.05, 3.63) is 11.5 Å². The molecule has 0 aromatic carbocycles. The molecule has 0 saturated carbocycles. The monoisotopic (exact) mass is 357 g/mol. The largest absolute Gasteiger partial charge is 0.368 e. The standard InChI is InChI=1S/C15H23N3O5S/c1-11-14(12(2)23-16-11)24(20,21)18-7-4-6-17(8-9-18)15(19)13-5-3-10-22-13/h13H,3-10H2,1-2H3. The minimum absolute atomic E-state index is 0.0240. The Morgan fingerprint density at radius 1 is 1.17 bits per heavy atom. The summed E-state index contributed by atoms with van der Waals surface area (Å²) in [5.41, 5.74) is 0.365. The fourth-order valence-corrected chi connectivity index (χ4v) is 5.06. The molecule has 9 heteroatoms. The number of aryl methyl sites for hydroxylation is 2. The topological polar surface area (TPSA) is 93.0 Å². The predicted molar refractivity (Wildman–Crippen MR) is 84.9 cm³/mol. The van der Waals surface area contributed by atoms with Crippen molar-refractivity contribution in [2.24, 2.45) is 0 Å². The van der Waals surface area contributed by atoms with Gasteiger partial charge in [0.05, 0.1) is 0 Å². The van der Waals surface area contributed by atoms with Crippen LogP contribution in [0.25, 0.3) is 0 Å². The molecule has 1 unspecified atom stereocenters. The van der Waals surface area contributed by atoms with E-state index in [0.717, 1.165) is 12.8 Å². The molecule has 0 aliphatic carbocycles. The van der Waals surface area contributed by atoms with Crippen LogP contribution in [0.1, 0.15) is 30.7 Å². The zero-order valence-electron chi connectivity index (χ0n) is 14.0. The first-order valence-electron chi connectivity index (χ1n) is 8.24. The molecule has 2 saturated heterocycles. The molecule has 0 spiro atoms. The van der Waals surface area contributed by atoms with Gasteiger partial charge in [0.25, 0.3) is 5.91 Å². The molecule has 3 heterocycles. The second kappa shape index (κ2) is 6.81. The first-order valence-corrected chi connectivity index (χ1v) is 9.68. The normalized spacial score (nSPS) is 23.4. The highest BCUT2D eigenvalue weighted by Crippen LogP contribution is 2.24. The van der Waals surface area contributed by atoms with Gasteiger partial charge in [-0.25, -0.2) is 8.42 Å². The zero-order chi connectivity index (χ0) is 17.3. The van der Waals surface area contributed by atoms with E-state index in [2.05, 4.69) is 5.16 Å². The Kier molecular flexibility index (Phi) is 4.93. The third-order valence-corrected chi connectivity index (χ3v) is 6.68. The second-order valence-corrected chi connectivity index (χ2v) is 8.11. The number of nitrogens with zero attached hydrogens (tertiary/aromatic N) is 3. The van der Waals surface area contributed by atoms with Gasteiger partial charge in [0, 0.05) is 32.8 Å². The van der Waals surface area contributed by atoms with E-state index in [0.29, 0.717) is 44.1 Å². The van der Waals surface area contributed by atoms with Crippen molar-refractivity contribution in [1.82, 2.24) is 14.4 Å². The summed E-state index contributed by atoms with van der Waals surface area (Å²) in [6, 6.07) is 0. The number of carbonyl (C=O) groups excluding carboxylic acids is 1. The van der Waals surface area contributed by atoms with Crippen LogP contribution in [0, 0.1) is 13.8 Å². The lowest BCUT2D eigenvalue weighted by Crippen LogP contribution is -2.41. The number of hydrogen-bond donors (Lipinski definition) is 0. The molecule has 0 N–H and O–H groups in total. The van der Waals surface area contributed by atoms with Crippen LogP contribution in [0.3, 0.4) is 0 Å². The number of hydrogen-bond acceptors (Lipinski definition) is 6. The molecule has 2 fully saturated rings. The smallest absolute Gasteiger partial charge is 0.251 e. The molecule has 2 aliphatic rings. The first-order chi connectivity index (χ1) is 11.4. The molecule has 2 aliphatic heterocycles. The summed E-state index contributed by atoms with van der Waals surface area (Å²) in [5, 5.41) is 3.73. The van der Waals surface area contributed by atoms with Gasteiger partial charge in [-0.2, -0.15) is 4.31 Å². The molecule has 1 atom stereocenters. The molecular weight excluding hydrogens is 334 g/mol. The summed E-state index contributed by atoms with van der Waals surface area (Å²) in [6.07, 6.45) is 1.88. The molecule has 0 radical (unpaired) electrons. The number of rotatable bonds is 3. The van der Waals surface area contributed by atoms with Gasteiger partial charge in [-0.15, -0.1) is 0 Å². The SMILES string of the molecule is Cc1noc(C)c1S(=O)(=O)N1CCCN(C(=O)C2CCCO2)CC1. The maximum atomic E-state index is 12.9. The lowest BCUT2D eigenvalue weighted by atomic mass is 10.2. The summed E-state index contributed by atoms with van der Waals surface area (Å²) < 4.78 is 37.6. The van der Waals surface area contributed by atoms with E-state index in [-0.39, 0.29) is 23.5 Å². The van der Waals surface area contributed by atoms with Gasteiger partial charge < -0.3 is 14.2 Å². The first kappa shape index (κ1) is 17.4. The van der Waals surface area contributed by atoms with Crippen LogP contribution in [0.15, 0.2) is 9.42 Å². The van der Waals surface area contributed by atoms with Crippen molar-refractivity contribution in [2.75, 3.05) is 32.8 Å². The fourth-order valence-electron chi connectivity index (χ4n) is 3.30. The van der Waals surface area contributed by atoms with Crippen LogP contribution in [0.5, 0.6) is 0 Å². The van der Waals surface area contributed by atoms with Crippen LogP contribution >= 0.6 is 0 Å². The molecule has 0 bridgehead atoms. The summed E-state index contributed by atoms with van der Waals surface area (Å²) >= 11 is 0. The molecule has 1 aromatic rings. The Bertz CT molecular complexity index is 689. The van der Waals surface area contributed by atoms with Gasteiger partial charge in [0.2, 0.25) is 10.0 Å². The van der Waals surface area contributed by atoms with Crippen molar-refractivity contribution in [3.63, 3.8) is 0 Å². The quantitative estimate of drug-likeness (QED) is 0.790. The summed E-state index contributed by atoms with van der Waals surface area (Å²) in [5.74, 6) is 0.271. The van der Waals surface area contributed by atoms with Crippen molar-refractivity contribution in [3.8, 4) is 0 Å². The Morgan fingerprint density at radius 2 is 1.96 bits per heavy atom. The molecule has 1 amide bonds. The number of aromatic nitrogens is 1. The average Bonchev–Trinajstić information content (AvgIpc) is 3.10. The van der Waals surface area contributed by atoms with Crippen molar-refractivity contribution in [1.29, 1.82) is 0 Å². The molecule has 24 heavy (non-hydrogen) atoms. The molecular formula is C15H23N3O5S. The van der Waals surface area contributed by atoms with Gasteiger partial charge in [-0.3, -0.25) is 4.79 Å². The summed E-state index contributed by atoms with van der Waals surface area (Å²) in [4.78, 5) is 14.3. The van der Waals surface area contributed by atoms with E-state index in [4.69, 9.17) is 9.26 Å². The van der Waals surface area contributed by atoms with Crippen LogP contribution in [-0.2, 0) is 19.6 Å². The lowest BCUT2D eigenvalue weighted by molar-refractivity contribution is -0.140. The minimum Gasteiger partial charge on any atom is -0.368 e. The van der Waals surface area contributed by atoms with Crippen LogP contribution in [0.4, 0.5) is 0 Å². The van der Waals surface area contributed by atoms with E-state index in [1.54, 1.807) is 18.7 Å². The van der Waals surface area contributed by atoms with Gasteiger partial charge in [-0.05, 0) is 33.1 Å². The van der Waals surface area contributed by atoms with Gasteiger partial charge >= 0.3 is 0 Å². The lowest BCUT2D eigenvalue weighted by Gasteiger charge is -2.24. The second-order valence-electron chi connectivity index (χ2n) is 6.24. The summed E-state index contributed by atoms with van der Waals surface area (Å²) in [7, 11) is -3.66. The van der Waals surface area contributed by atoms with Gasteiger partial charge in [-0.1, -0.05) is 5.16 Å². The Morgan fingerprint density at radius 3 is 2.58 bits per heavy atom. The summed E-state index contributed by atoms with van der Waals surface area (Å²) in [6.45, 7) is 5.41. The number of amides is 1. The highest BCUT2D eigenvalue weighted by Gasteiger charge is 2.34. The maximum absolute atomic E-state index is 12.9. The predicted octanol–water partition coefficient (Wildman–Crippen LogP) is 0.693. The van der Waals surface area contributed by atoms with E-state index in [9.17, 15) is 13.2 Å². The van der Waals surface area contributed by atoms with E-state index in [1.807, 2.05) is 0 Å². The third kappa shape index (κ3) is 3.20. The van der Waals surface area contributed by atoms with Crippen LogP contribution in [0.2, 0.25) is 0 Å². The van der Waals surface area contributed by atoms with E-state index in [1.165, 1.54) is 4.31 Å². The number of ether oxygens (including phenoxy) is 1. The van der Waals surface area contributed by atoms with Gasteiger partial charge in [0.15, 0.2) is 5.76 Å². The highest BCUT2D eigenvalue weighted by atomic mass is 32.2. The average molecular weight is 357 g/mol. The van der Waals surface area contributed by atoms with Crippen molar-refractivity contribution >= 4 is 15.9 Å². The van der Waals surface area contributed by atoms with E-state index < -0.39 is 10.0 Å². The third-order valence-electron chi connectivity index (χ3n) is 4.54. The van der Waals surface area contributed by atoms with E-state index >= 15 is 0 Å². The Balaban J connectivity index is 1.72. The molecule has 8 nitrogen and oxygen atoms in total. The number of carbonyl (C=O) groups is 1. The number of sulfonamides is 1. The molecule has 134 valence electrons. The molecule has 3 rings (SSSR count). The highest BCUT2D eigenvalue weighted by molar-refractivity contribution is 7.89. The van der Waals surface area contributed by atoms with Crippen LogP contribution in [-0.4, -0.2) is 67.6 Å². The zero-order valence-corrected chi connectivity index (χ0v) is 14.8. The van der Waals surface area contributed by atoms with Crippen molar-refractivity contribution in [2.45, 2.75) is 44.1 Å². The van der Waals surface area contributed by atoms with Gasteiger partial charge in [0.1, 0.15) is 16.7 Å². The minimum atomic E-state index is -3.66. The molecule has 1 aromatic heterocycles. The van der Waals surface area contributed by atoms with Crippen molar-refractivity contribution < 1.29 is 22.5 Å². The maximum Gasteiger partial charge on any atom is 0.251 e.